The highest BCUT2D eigenvalue weighted by Gasteiger charge is 2.13. The molecule has 0 aliphatic rings. The molecular formula is C19H19BN2O3. The summed E-state index contributed by atoms with van der Waals surface area (Å²) < 4.78 is 4.99. The Hall–Kier alpha value is -3.02. The van der Waals surface area contributed by atoms with Gasteiger partial charge in [0.1, 0.15) is 7.85 Å². The number of hydrogen-bond acceptors (Lipinski definition) is 3. The smallest absolute Gasteiger partial charge is 0.310 e. The van der Waals surface area contributed by atoms with Crippen molar-refractivity contribution in [2.75, 3.05) is 11.9 Å². The predicted octanol–water partition coefficient (Wildman–Crippen LogP) is 1.78. The van der Waals surface area contributed by atoms with Crippen molar-refractivity contribution in [3.63, 3.8) is 0 Å². The highest BCUT2D eigenvalue weighted by molar-refractivity contribution is 6.39. The van der Waals surface area contributed by atoms with E-state index in [2.05, 4.69) is 10.3 Å². The zero-order valence-corrected chi connectivity index (χ0v) is 14.3. The Bertz CT molecular complexity index is 933. The van der Waals surface area contributed by atoms with Gasteiger partial charge in [0, 0.05) is 23.0 Å². The number of hydrogen-bond donors (Lipinski definition) is 2. The van der Waals surface area contributed by atoms with Crippen LogP contribution in [-0.2, 0) is 16.0 Å². The minimum atomic E-state index is -0.312. The van der Waals surface area contributed by atoms with Crippen LogP contribution in [0.15, 0.2) is 48.7 Å². The van der Waals surface area contributed by atoms with E-state index >= 15 is 0 Å². The lowest BCUT2D eigenvalue weighted by Gasteiger charge is -2.11. The average Bonchev–Trinajstić information content (AvgIpc) is 3.06. The van der Waals surface area contributed by atoms with E-state index in [0.29, 0.717) is 17.9 Å². The van der Waals surface area contributed by atoms with Gasteiger partial charge in [-0.05, 0) is 36.1 Å². The first-order valence-electron chi connectivity index (χ1n) is 8.21. The van der Waals surface area contributed by atoms with Crippen LogP contribution in [0.25, 0.3) is 10.9 Å². The lowest BCUT2D eigenvalue weighted by molar-refractivity contribution is -0.142. The summed E-state index contributed by atoms with van der Waals surface area (Å²) in [5, 5.41) is 3.99. The Kier molecular flexibility index (Phi) is 4.88. The fourth-order valence-electron chi connectivity index (χ4n) is 2.84. The van der Waals surface area contributed by atoms with E-state index in [-0.39, 0.29) is 18.3 Å². The maximum Gasteiger partial charge on any atom is 0.310 e. The molecule has 25 heavy (non-hydrogen) atoms. The quantitative estimate of drug-likeness (QED) is 0.552. The predicted molar refractivity (Wildman–Crippen MR) is 101 cm³/mol. The number of para-hydroxylation sites is 1. The second-order valence-corrected chi connectivity index (χ2v) is 5.83. The summed E-state index contributed by atoms with van der Waals surface area (Å²) in [4.78, 5) is 27.5. The molecule has 0 saturated heterocycles. The Morgan fingerprint density at radius 2 is 2.00 bits per heavy atom. The number of aromatic amines is 1. The maximum atomic E-state index is 12.7. The van der Waals surface area contributed by atoms with Crippen LogP contribution in [-0.4, -0.2) is 31.3 Å². The minimum Gasteiger partial charge on any atom is -0.466 e. The van der Waals surface area contributed by atoms with Gasteiger partial charge in [0.2, 0.25) is 0 Å². The molecule has 1 aromatic heterocycles. The van der Waals surface area contributed by atoms with Gasteiger partial charge < -0.3 is 15.0 Å². The van der Waals surface area contributed by atoms with Crippen molar-refractivity contribution in [1.82, 2.24) is 4.98 Å². The largest absolute Gasteiger partial charge is 0.466 e. The van der Waals surface area contributed by atoms with Gasteiger partial charge in [-0.25, -0.2) is 0 Å². The number of carbonyl (C=O) groups excluding carboxylic acids is 2. The first-order chi connectivity index (χ1) is 12.1. The maximum absolute atomic E-state index is 12.7. The third-order valence-electron chi connectivity index (χ3n) is 4.04. The highest BCUT2D eigenvalue weighted by Crippen LogP contribution is 2.18. The molecule has 3 aromatic rings. The fourth-order valence-corrected chi connectivity index (χ4v) is 2.84. The van der Waals surface area contributed by atoms with Crippen LogP contribution < -0.4 is 10.8 Å². The van der Waals surface area contributed by atoms with Crippen LogP contribution in [0.5, 0.6) is 0 Å². The standard InChI is InChI=1S/C19H19BN2O3/c1-2-25-18(23)11-12-5-3-4-6-16(12)22-19(24)13-9-15(20)14-7-8-21-17(14)10-13/h3-10,21H,2,11,20H2,1H3,(H,22,24). The van der Waals surface area contributed by atoms with Gasteiger partial charge in [0.25, 0.3) is 5.91 Å². The van der Waals surface area contributed by atoms with Gasteiger partial charge in [0.05, 0.1) is 13.0 Å². The Morgan fingerprint density at radius 3 is 2.80 bits per heavy atom. The number of esters is 1. The molecule has 6 heteroatoms. The topological polar surface area (TPSA) is 71.2 Å². The number of amides is 1. The van der Waals surface area contributed by atoms with Gasteiger partial charge in [-0.1, -0.05) is 29.7 Å². The molecule has 0 aliphatic heterocycles. The number of H-pyrrole nitrogens is 1. The molecule has 0 bridgehead atoms. The molecule has 0 saturated carbocycles. The summed E-state index contributed by atoms with van der Waals surface area (Å²) in [6.45, 7) is 2.10. The van der Waals surface area contributed by atoms with Gasteiger partial charge >= 0.3 is 5.97 Å². The first-order valence-corrected chi connectivity index (χ1v) is 8.21. The number of nitrogens with one attached hydrogen (secondary N) is 2. The third-order valence-corrected chi connectivity index (χ3v) is 4.04. The second kappa shape index (κ2) is 7.26. The molecular weight excluding hydrogens is 315 g/mol. The average molecular weight is 334 g/mol. The second-order valence-electron chi connectivity index (χ2n) is 5.83. The van der Waals surface area contributed by atoms with Crippen LogP contribution in [0.4, 0.5) is 5.69 Å². The van der Waals surface area contributed by atoms with Crippen molar-refractivity contribution >= 4 is 41.8 Å². The van der Waals surface area contributed by atoms with Crippen molar-refractivity contribution in [3.05, 3.63) is 59.8 Å². The molecule has 1 amide bonds. The summed E-state index contributed by atoms with van der Waals surface area (Å²) in [5.74, 6) is -0.524. The van der Waals surface area contributed by atoms with Gasteiger partial charge in [0.15, 0.2) is 0 Å². The van der Waals surface area contributed by atoms with E-state index < -0.39 is 0 Å². The molecule has 0 aliphatic carbocycles. The molecule has 0 spiro atoms. The number of carbonyl (C=O) groups is 2. The lowest BCUT2D eigenvalue weighted by Crippen LogP contribution is -2.17. The molecule has 5 nitrogen and oxygen atoms in total. The van der Waals surface area contributed by atoms with Gasteiger partial charge in [-0.3, -0.25) is 9.59 Å². The van der Waals surface area contributed by atoms with E-state index in [1.165, 1.54) is 0 Å². The van der Waals surface area contributed by atoms with Crippen molar-refractivity contribution in [3.8, 4) is 0 Å². The molecule has 0 radical (unpaired) electrons. The Morgan fingerprint density at radius 1 is 1.20 bits per heavy atom. The summed E-state index contributed by atoms with van der Waals surface area (Å²) in [7, 11) is 1.97. The molecule has 2 aromatic carbocycles. The molecule has 0 fully saturated rings. The van der Waals surface area contributed by atoms with Crippen molar-refractivity contribution < 1.29 is 14.3 Å². The van der Waals surface area contributed by atoms with Crippen LogP contribution >= 0.6 is 0 Å². The van der Waals surface area contributed by atoms with Crippen LogP contribution in [0.1, 0.15) is 22.8 Å². The monoisotopic (exact) mass is 334 g/mol. The van der Waals surface area contributed by atoms with Crippen molar-refractivity contribution in [2.24, 2.45) is 0 Å². The normalized spacial score (nSPS) is 10.6. The lowest BCUT2D eigenvalue weighted by atomic mass is 9.90. The van der Waals surface area contributed by atoms with E-state index in [0.717, 1.165) is 21.9 Å². The molecule has 0 atom stereocenters. The van der Waals surface area contributed by atoms with Gasteiger partial charge in [-0.2, -0.15) is 0 Å². The summed E-state index contributed by atoms with van der Waals surface area (Å²) in [5.41, 5.74) is 3.86. The molecule has 2 N–H and O–H groups in total. The number of benzene rings is 2. The van der Waals surface area contributed by atoms with Crippen molar-refractivity contribution in [2.45, 2.75) is 13.3 Å². The van der Waals surface area contributed by atoms with E-state index in [9.17, 15) is 9.59 Å². The number of aromatic nitrogens is 1. The highest BCUT2D eigenvalue weighted by atomic mass is 16.5. The van der Waals surface area contributed by atoms with Crippen LogP contribution in [0, 0.1) is 0 Å². The van der Waals surface area contributed by atoms with Gasteiger partial charge in [-0.15, -0.1) is 0 Å². The zero-order chi connectivity index (χ0) is 17.8. The van der Waals surface area contributed by atoms with E-state index in [4.69, 9.17) is 4.74 Å². The van der Waals surface area contributed by atoms with Crippen LogP contribution in [0.3, 0.4) is 0 Å². The zero-order valence-electron chi connectivity index (χ0n) is 14.3. The molecule has 0 unspecified atom stereocenters. The number of fused-ring (bicyclic) bond motifs is 1. The summed E-state index contributed by atoms with van der Waals surface area (Å²) >= 11 is 0. The Labute approximate surface area is 146 Å². The van der Waals surface area contributed by atoms with Crippen molar-refractivity contribution in [1.29, 1.82) is 0 Å². The molecule has 126 valence electrons. The van der Waals surface area contributed by atoms with Crippen LogP contribution in [0.2, 0.25) is 0 Å². The summed E-state index contributed by atoms with van der Waals surface area (Å²) in [6.07, 6.45) is 1.98. The fraction of sp³-hybridized carbons (Fsp3) is 0.158. The Balaban J connectivity index is 1.83. The number of ether oxygens (including phenoxy) is 1. The first kappa shape index (κ1) is 16.8. The number of rotatable bonds is 5. The third kappa shape index (κ3) is 3.74. The number of anilines is 1. The summed E-state index contributed by atoms with van der Waals surface area (Å²) in [6, 6.07) is 12.9. The molecule has 1 heterocycles. The van der Waals surface area contributed by atoms with E-state index in [1.807, 2.05) is 50.4 Å². The molecule has 3 rings (SSSR count). The van der Waals surface area contributed by atoms with E-state index in [1.54, 1.807) is 13.0 Å². The SMILES string of the molecule is Bc1cc(C(=O)Nc2ccccc2CC(=O)OCC)cc2[nH]ccc12. The minimum absolute atomic E-state index is 0.124.